The number of aliphatic hydroxyl groups excluding tert-OH is 1. The molecule has 3 rings (SSSR count). The molecule has 2 heterocycles. The number of benzene rings is 1. The summed E-state index contributed by atoms with van der Waals surface area (Å²) >= 11 is 1.72. The monoisotopic (exact) mass is 290 g/mol. The summed E-state index contributed by atoms with van der Waals surface area (Å²) in [5.41, 5.74) is 2.24. The summed E-state index contributed by atoms with van der Waals surface area (Å²) in [4.78, 5) is 4.44. The highest BCUT2D eigenvalue weighted by Crippen LogP contribution is 2.32. The molecule has 0 radical (unpaired) electrons. The Labute approximate surface area is 122 Å². The highest BCUT2D eigenvalue weighted by Gasteiger charge is 2.32. The van der Waals surface area contributed by atoms with Crippen LogP contribution in [0.25, 0.3) is 11.4 Å². The molecular formula is C15H18N2O2S. The van der Waals surface area contributed by atoms with Crippen LogP contribution in [0, 0.1) is 0 Å². The topological polar surface area (TPSA) is 59.2 Å². The number of aliphatic hydroxyl groups is 1. The number of nitrogens with zero attached hydrogens (tertiary/aromatic N) is 2. The third kappa shape index (κ3) is 2.60. The van der Waals surface area contributed by atoms with Crippen LogP contribution in [0.5, 0.6) is 0 Å². The van der Waals surface area contributed by atoms with Gasteiger partial charge in [-0.3, -0.25) is 0 Å². The van der Waals surface area contributed by atoms with Gasteiger partial charge in [0.25, 0.3) is 0 Å². The molecule has 1 saturated heterocycles. The number of hydrogen-bond acceptors (Lipinski definition) is 5. The molecule has 0 amide bonds. The molecule has 0 spiro atoms. The molecule has 4 nitrogen and oxygen atoms in total. The minimum atomic E-state index is -0.378. The van der Waals surface area contributed by atoms with Gasteiger partial charge in [0.15, 0.2) is 0 Å². The van der Waals surface area contributed by atoms with Gasteiger partial charge in [0.1, 0.15) is 0 Å². The van der Waals surface area contributed by atoms with Gasteiger partial charge < -0.3 is 9.63 Å². The fourth-order valence-electron chi connectivity index (χ4n) is 2.30. The average molecular weight is 290 g/mol. The molecule has 2 atom stereocenters. The zero-order chi connectivity index (χ0) is 14.1. The summed E-state index contributed by atoms with van der Waals surface area (Å²) in [5, 5.41) is 13.9. The SMILES string of the molecule is CC(C)c1ccc(-c2noc(C3CSCC3O)n2)cc1. The van der Waals surface area contributed by atoms with Crippen LogP contribution in [0.15, 0.2) is 28.8 Å². The Morgan fingerprint density at radius 1 is 1.25 bits per heavy atom. The first-order valence-electron chi connectivity index (χ1n) is 6.85. The zero-order valence-electron chi connectivity index (χ0n) is 11.6. The van der Waals surface area contributed by atoms with Crippen molar-refractivity contribution in [1.82, 2.24) is 10.1 Å². The Bertz CT molecular complexity index is 580. The second-order valence-electron chi connectivity index (χ2n) is 5.44. The smallest absolute Gasteiger partial charge is 0.233 e. The Morgan fingerprint density at radius 2 is 2.00 bits per heavy atom. The van der Waals surface area contributed by atoms with E-state index >= 15 is 0 Å². The van der Waals surface area contributed by atoms with E-state index in [0.717, 1.165) is 17.1 Å². The molecule has 0 bridgehead atoms. The predicted octanol–water partition coefficient (Wildman–Crippen LogP) is 3.05. The van der Waals surface area contributed by atoms with Gasteiger partial charge in [-0.25, -0.2) is 0 Å². The summed E-state index contributed by atoms with van der Waals surface area (Å²) in [6.07, 6.45) is -0.378. The molecule has 1 fully saturated rings. The van der Waals surface area contributed by atoms with Gasteiger partial charge in [-0.2, -0.15) is 16.7 Å². The Kier molecular flexibility index (Phi) is 3.81. The maximum absolute atomic E-state index is 9.87. The molecule has 2 aromatic rings. The summed E-state index contributed by atoms with van der Waals surface area (Å²) in [5.74, 6) is 3.21. The van der Waals surface area contributed by atoms with Gasteiger partial charge >= 0.3 is 0 Å². The van der Waals surface area contributed by atoms with Crippen molar-refractivity contribution >= 4 is 11.8 Å². The Morgan fingerprint density at radius 3 is 2.60 bits per heavy atom. The fourth-order valence-corrected chi connectivity index (χ4v) is 3.53. The molecule has 2 unspecified atom stereocenters. The summed E-state index contributed by atoms with van der Waals surface area (Å²) in [7, 11) is 0. The number of aromatic nitrogens is 2. The maximum atomic E-state index is 9.87. The van der Waals surface area contributed by atoms with E-state index in [2.05, 4.69) is 36.1 Å². The Balaban J connectivity index is 1.82. The third-order valence-corrected chi connectivity index (χ3v) is 4.82. The van der Waals surface area contributed by atoms with Crippen LogP contribution in [0.1, 0.15) is 37.1 Å². The lowest BCUT2D eigenvalue weighted by atomic mass is 10.0. The molecule has 0 aliphatic carbocycles. The van der Waals surface area contributed by atoms with E-state index in [9.17, 15) is 5.11 Å². The first-order chi connectivity index (χ1) is 9.65. The van der Waals surface area contributed by atoms with Crippen LogP contribution in [0.3, 0.4) is 0 Å². The van der Waals surface area contributed by atoms with Gasteiger partial charge in [0.2, 0.25) is 11.7 Å². The van der Waals surface area contributed by atoms with Gasteiger partial charge in [0, 0.05) is 17.1 Å². The fraction of sp³-hybridized carbons (Fsp3) is 0.467. The van der Waals surface area contributed by atoms with Gasteiger partial charge in [-0.15, -0.1) is 0 Å². The normalized spacial score (nSPS) is 22.6. The molecule has 1 aromatic carbocycles. The molecule has 1 aliphatic heterocycles. The first kappa shape index (κ1) is 13.6. The van der Waals surface area contributed by atoms with Crippen LogP contribution in [-0.4, -0.2) is 32.9 Å². The van der Waals surface area contributed by atoms with E-state index in [0.29, 0.717) is 17.6 Å². The second-order valence-corrected chi connectivity index (χ2v) is 6.52. The lowest BCUT2D eigenvalue weighted by molar-refractivity contribution is 0.164. The zero-order valence-corrected chi connectivity index (χ0v) is 12.4. The second kappa shape index (κ2) is 5.58. The van der Waals surface area contributed by atoms with E-state index in [1.807, 2.05) is 12.1 Å². The van der Waals surface area contributed by atoms with E-state index in [1.165, 1.54) is 5.56 Å². The van der Waals surface area contributed by atoms with E-state index in [-0.39, 0.29) is 12.0 Å². The van der Waals surface area contributed by atoms with Crippen molar-refractivity contribution in [1.29, 1.82) is 0 Å². The van der Waals surface area contributed by atoms with E-state index < -0.39 is 0 Å². The lowest BCUT2D eigenvalue weighted by Gasteiger charge is -2.06. The number of rotatable bonds is 3. The van der Waals surface area contributed by atoms with Gasteiger partial charge in [0.05, 0.1) is 12.0 Å². The van der Waals surface area contributed by atoms with E-state index in [1.54, 1.807) is 11.8 Å². The molecule has 20 heavy (non-hydrogen) atoms. The molecular weight excluding hydrogens is 272 g/mol. The van der Waals surface area contributed by atoms with Crippen molar-refractivity contribution in [2.75, 3.05) is 11.5 Å². The van der Waals surface area contributed by atoms with Crippen molar-refractivity contribution in [2.24, 2.45) is 0 Å². The summed E-state index contributed by atoms with van der Waals surface area (Å²) < 4.78 is 5.32. The van der Waals surface area contributed by atoms with Crippen molar-refractivity contribution in [3.8, 4) is 11.4 Å². The van der Waals surface area contributed by atoms with Crippen molar-refractivity contribution in [3.05, 3.63) is 35.7 Å². The maximum Gasteiger partial charge on any atom is 0.233 e. The number of hydrogen-bond donors (Lipinski definition) is 1. The van der Waals surface area contributed by atoms with Crippen LogP contribution < -0.4 is 0 Å². The Hall–Kier alpha value is -1.33. The van der Waals surface area contributed by atoms with Crippen LogP contribution in [0.2, 0.25) is 0 Å². The average Bonchev–Trinajstić information content (AvgIpc) is 3.07. The minimum Gasteiger partial charge on any atom is -0.391 e. The van der Waals surface area contributed by atoms with Gasteiger partial charge in [-0.1, -0.05) is 43.3 Å². The molecule has 1 aromatic heterocycles. The van der Waals surface area contributed by atoms with E-state index in [4.69, 9.17) is 4.52 Å². The first-order valence-corrected chi connectivity index (χ1v) is 8.00. The highest BCUT2D eigenvalue weighted by atomic mass is 32.2. The third-order valence-electron chi connectivity index (χ3n) is 3.64. The minimum absolute atomic E-state index is 0.0313. The van der Waals surface area contributed by atoms with Crippen molar-refractivity contribution in [3.63, 3.8) is 0 Å². The number of thioether (sulfide) groups is 1. The standard InChI is InChI=1S/C15H18N2O2S/c1-9(2)10-3-5-11(6-4-10)14-16-15(19-17-14)12-7-20-8-13(12)18/h3-6,9,12-13,18H,7-8H2,1-2H3. The quantitative estimate of drug-likeness (QED) is 0.941. The largest absolute Gasteiger partial charge is 0.391 e. The highest BCUT2D eigenvalue weighted by molar-refractivity contribution is 7.99. The summed E-state index contributed by atoms with van der Waals surface area (Å²) in [6.45, 7) is 4.33. The molecule has 1 N–H and O–H groups in total. The van der Waals surface area contributed by atoms with Crippen LogP contribution in [-0.2, 0) is 0 Å². The molecule has 106 valence electrons. The molecule has 1 aliphatic rings. The van der Waals surface area contributed by atoms with Crippen molar-refractivity contribution < 1.29 is 9.63 Å². The summed E-state index contributed by atoms with van der Waals surface area (Å²) in [6, 6.07) is 8.22. The van der Waals surface area contributed by atoms with Gasteiger partial charge in [-0.05, 0) is 11.5 Å². The van der Waals surface area contributed by atoms with Crippen molar-refractivity contribution in [2.45, 2.75) is 31.8 Å². The van der Waals surface area contributed by atoms with Crippen LogP contribution >= 0.6 is 11.8 Å². The molecule has 5 heteroatoms. The van der Waals surface area contributed by atoms with Crippen LogP contribution in [0.4, 0.5) is 0 Å². The lowest BCUT2D eigenvalue weighted by Crippen LogP contribution is -2.15. The predicted molar refractivity (Wildman–Crippen MR) is 79.9 cm³/mol. The molecule has 0 saturated carbocycles.